The van der Waals surface area contributed by atoms with Gasteiger partial charge in [0.1, 0.15) is 16.6 Å². The van der Waals surface area contributed by atoms with E-state index in [-0.39, 0.29) is 12.7 Å². The van der Waals surface area contributed by atoms with Gasteiger partial charge in [-0.2, -0.15) is 4.98 Å². The van der Waals surface area contributed by atoms with Gasteiger partial charge in [-0.25, -0.2) is 9.78 Å². The van der Waals surface area contributed by atoms with E-state index in [9.17, 15) is 9.90 Å². The lowest BCUT2D eigenvalue weighted by molar-refractivity contribution is 0.0113. The van der Waals surface area contributed by atoms with E-state index in [0.29, 0.717) is 62.7 Å². The average Bonchev–Trinajstić information content (AvgIpc) is 2.67. The summed E-state index contributed by atoms with van der Waals surface area (Å²) in [6.07, 6.45) is 1.05. The Hall–Kier alpha value is -1.84. The molecule has 0 aromatic carbocycles. The molecule has 29 heavy (non-hydrogen) atoms. The molecule has 1 unspecified atom stereocenters. The van der Waals surface area contributed by atoms with Gasteiger partial charge in [0.05, 0.1) is 25.4 Å². The molecule has 10 heteroatoms. The molecule has 162 valence electrons. The normalized spacial score (nSPS) is 23.1. The van der Waals surface area contributed by atoms with Crippen molar-refractivity contribution >= 4 is 29.5 Å². The second-order valence-electron chi connectivity index (χ2n) is 8.54. The first kappa shape index (κ1) is 21.9. The Morgan fingerprint density at radius 2 is 2.07 bits per heavy atom. The van der Waals surface area contributed by atoms with Crippen LogP contribution in [0.25, 0.3) is 0 Å². The molecular weight excluding hydrogens is 398 g/mol. The van der Waals surface area contributed by atoms with Crippen LogP contribution in [0.1, 0.15) is 33.6 Å². The zero-order valence-corrected chi connectivity index (χ0v) is 18.0. The number of nitrogens with one attached hydrogen (secondary N) is 1. The number of hydrogen-bond acceptors (Lipinski definition) is 8. The van der Waals surface area contributed by atoms with Gasteiger partial charge in [-0.3, -0.25) is 0 Å². The maximum Gasteiger partial charge on any atom is 0.410 e. The predicted octanol–water partition coefficient (Wildman–Crippen LogP) is 2.14. The minimum atomic E-state index is -0.727. The third-order valence-corrected chi connectivity index (χ3v) is 5.10. The van der Waals surface area contributed by atoms with Crippen molar-refractivity contribution < 1.29 is 19.4 Å². The summed E-state index contributed by atoms with van der Waals surface area (Å²) in [4.78, 5) is 25.1. The minimum Gasteiger partial charge on any atom is -0.444 e. The van der Waals surface area contributed by atoms with E-state index in [1.54, 1.807) is 11.0 Å². The number of rotatable bonds is 4. The summed E-state index contributed by atoms with van der Waals surface area (Å²) in [5, 5.41) is 13.8. The Labute approximate surface area is 176 Å². The number of anilines is 2. The van der Waals surface area contributed by atoms with Crippen LogP contribution in [0.2, 0.25) is 5.15 Å². The first-order chi connectivity index (χ1) is 13.7. The number of carbonyl (C=O) groups is 1. The maximum absolute atomic E-state index is 12.5. The molecule has 0 radical (unpaired) electrons. The van der Waals surface area contributed by atoms with E-state index in [0.717, 1.165) is 6.42 Å². The van der Waals surface area contributed by atoms with Crippen molar-refractivity contribution in [3.05, 3.63) is 11.2 Å². The quantitative estimate of drug-likeness (QED) is 0.705. The number of halogens is 1. The topological polar surface area (TPSA) is 100 Å². The number of piperidine rings is 1. The number of nitrogens with zero attached hydrogens (tertiary/aromatic N) is 4. The largest absolute Gasteiger partial charge is 0.444 e. The molecule has 1 amide bonds. The molecule has 1 atom stereocenters. The van der Waals surface area contributed by atoms with Crippen LogP contribution in [-0.2, 0) is 9.47 Å². The molecular formula is C19H30ClN5O4. The van der Waals surface area contributed by atoms with E-state index in [4.69, 9.17) is 21.1 Å². The van der Waals surface area contributed by atoms with Crippen molar-refractivity contribution in [2.24, 2.45) is 0 Å². The van der Waals surface area contributed by atoms with Crippen LogP contribution in [0.4, 0.5) is 16.6 Å². The predicted molar refractivity (Wildman–Crippen MR) is 111 cm³/mol. The van der Waals surface area contributed by atoms with Gasteiger partial charge in [0.15, 0.2) is 0 Å². The Kier molecular flexibility index (Phi) is 6.70. The number of aromatic nitrogens is 2. The number of aliphatic hydroxyl groups is 1. The van der Waals surface area contributed by atoms with Crippen LogP contribution in [0.5, 0.6) is 0 Å². The summed E-state index contributed by atoms with van der Waals surface area (Å²) < 4.78 is 10.9. The first-order valence-corrected chi connectivity index (χ1v) is 10.3. The second kappa shape index (κ2) is 8.89. The smallest absolute Gasteiger partial charge is 0.410 e. The Balaban J connectivity index is 1.76. The SMILES string of the molecule is CC(C)(C)OC(=O)N1CCCC(CO)(Nc2cc(Cl)nc(N3CCOCC3)n2)C1. The van der Waals surface area contributed by atoms with Crippen molar-refractivity contribution in [2.75, 3.05) is 56.2 Å². The molecule has 0 aliphatic carbocycles. The summed E-state index contributed by atoms with van der Waals surface area (Å²) in [7, 11) is 0. The summed E-state index contributed by atoms with van der Waals surface area (Å²) >= 11 is 6.23. The van der Waals surface area contributed by atoms with Gasteiger partial charge in [0, 0.05) is 32.2 Å². The molecule has 2 aliphatic rings. The van der Waals surface area contributed by atoms with Gasteiger partial charge in [0.2, 0.25) is 5.95 Å². The molecule has 9 nitrogen and oxygen atoms in total. The highest BCUT2D eigenvalue weighted by molar-refractivity contribution is 6.29. The number of likely N-dealkylation sites (tertiary alicyclic amines) is 1. The van der Waals surface area contributed by atoms with E-state index in [1.807, 2.05) is 25.7 Å². The van der Waals surface area contributed by atoms with Gasteiger partial charge in [-0.1, -0.05) is 11.6 Å². The zero-order valence-electron chi connectivity index (χ0n) is 17.3. The molecule has 2 saturated heterocycles. The number of ether oxygens (including phenoxy) is 2. The molecule has 2 N–H and O–H groups in total. The maximum atomic E-state index is 12.5. The first-order valence-electron chi connectivity index (χ1n) is 9.94. The number of aliphatic hydroxyl groups excluding tert-OH is 1. The summed E-state index contributed by atoms with van der Waals surface area (Å²) in [5.74, 6) is 1.04. The monoisotopic (exact) mass is 427 g/mol. The third kappa shape index (κ3) is 5.83. The van der Waals surface area contributed by atoms with Gasteiger partial charge in [-0.05, 0) is 33.6 Å². The van der Waals surface area contributed by atoms with E-state index in [1.165, 1.54) is 0 Å². The summed E-state index contributed by atoms with van der Waals surface area (Å²) in [6, 6.07) is 1.63. The van der Waals surface area contributed by atoms with Crippen molar-refractivity contribution in [3.63, 3.8) is 0 Å². The van der Waals surface area contributed by atoms with E-state index < -0.39 is 11.1 Å². The van der Waals surface area contributed by atoms with Gasteiger partial charge < -0.3 is 29.7 Å². The van der Waals surface area contributed by atoms with E-state index in [2.05, 4.69) is 15.3 Å². The fourth-order valence-corrected chi connectivity index (χ4v) is 3.71. The van der Waals surface area contributed by atoms with Crippen molar-refractivity contribution in [1.29, 1.82) is 0 Å². The highest BCUT2D eigenvalue weighted by Crippen LogP contribution is 2.28. The minimum absolute atomic E-state index is 0.152. The van der Waals surface area contributed by atoms with Crippen LogP contribution in [-0.4, -0.2) is 83.2 Å². The van der Waals surface area contributed by atoms with Crippen molar-refractivity contribution in [2.45, 2.75) is 44.8 Å². The zero-order chi connectivity index (χ0) is 21.1. The standard InChI is InChI=1S/C19H30ClN5O4/c1-18(2,3)29-17(27)25-6-4-5-19(12-25,13-26)23-15-11-14(20)21-16(22-15)24-7-9-28-10-8-24/h11,26H,4-10,12-13H2,1-3H3,(H,21,22,23). The lowest BCUT2D eigenvalue weighted by Gasteiger charge is -2.42. The molecule has 3 heterocycles. The second-order valence-corrected chi connectivity index (χ2v) is 8.93. The Morgan fingerprint density at radius 3 is 2.72 bits per heavy atom. The Bertz CT molecular complexity index is 723. The average molecular weight is 428 g/mol. The number of carbonyl (C=O) groups excluding carboxylic acids is 1. The van der Waals surface area contributed by atoms with Crippen LogP contribution in [0.15, 0.2) is 6.07 Å². The van der Waals surface area contributed by atoms with Crippen LogP contribution < -0.4 is 10.2 Å². The van der Waals surface area contributed by atoms with Crippen LogP contribution in [0.3, 0.4) is 0 Å². The van der Waals surface area contributed by atoms with Gasteiger partial charge in [0.25, 0.3) is 0 Å². The van der Waals surface area contributed by atoms with Gasteiger partial charge >= 0.3 is 6.09 Å². The van der Waals surface area contributed by atoms with Crippen LogP contribution in [0, 0.1) is 0 Å². The lowest BCUT2D eigenvalue weighted by Crippen LogP contribution is -2.57. The van der Waals surface area contributed by atoms with Crippen molar-refractivity contribution in [1.82, 2.24) is 14.9 Å². The highest BCUT2D eigenvalue weighted by Gasteiger charge is 2.38. The summed E-state index contributed by atoms with van der Waals surface area (Å²) in [5.41, 5.74) is -1.30. The van der Waals surface area contributed by atoms with Gasteiger partial charge in [-0.15, -0.1) is 0 Å². The fourth-order valence-electron chi connectivity index (χ4n) is 3.53. The third-order valence-electron chi connectivity index (χ3n) is 4.90. The lowest BCUT2D eigenvalue weighted by atomic mass is 9.90. The molecule has 0 bridgehead atoms. The number of morpholine rings is 1. The molecule has 1 aromatic rings. The molecule has 1 aromatic heterocycles. The number of hydrogen-bond donors (Lipinski definition) is 2. The molecule has 0 spiro atoms. The number of amides is 1. The highest BCUT2D eigenvalue weighted by atomic mass is 35.5. The molecule has 3 rings (SSSR count). The van der Waals surface area contributed by atoms with E-state index >= 15 is 0 Å². The van der Waals surface area contributed by atoms with Crippen LogP contribution >= 0.6 is 11.6 Å². The molecule has 2 fully saturated rings. The van der Waals surface area contributed by atoms with Crippen molar-refractivity contribution in [3.8, 4) is 0 Å². The molecule has 0 saturated carbocycles. The molecule has 2 aliphatic heterocycles. The fraction of sp³-hybridized carbons (Fsp3) is 0.737. The Morgan fingerprint density at radius 1 is 1.34 bits per heavy atom. The summed E-state index contributed by atoms with van der Waals surface area (Å²) in [6.45, 7) is 8.87.